The topological polar surface area (TPSA) is 71.3 Å². The second kappa shape index (κ2) is 7.45. The molecule has 0 aliphatic heterocycles. The highest BCUT2D eigenvalue weighted by atomic mass is 16.3. The standard InChI is InChI=1S/C18H20N2O3/c1-12-9-13(2)18(14(3)10-12)20-17(22)11-19-16(21)7-6-15-5-4-8-23-15/h4-10H,11H2,1-3H3,(H,19,21)(H,20,22). The van der Waals surface area contributed by atoms with Crippen molar-refractivity contribution in [3.05, 3.63) is 59.1 Å². The van der Waals surface area contributed by atoms with Gasteiger partial charge >= 0.3 is 0 Å². The summed E-state index contributed by atoms with van der Waals surface area (Å²) in [5, 5.41) is 5.37. The van der Waals surface area contributed by atoms with Gasteiger partial charge in [-0.15, -0.1) is 0 Å². The summed E-state index contributed by atoms with van der Waals surface area (Å²) in [5.74, 6) is -0.0378. The molecule has 1 heterocycles. The van der Waals surface area contributed by atoms with E-state index in [0.29, 0.717) is 5.76 Å². The van der Waals surface area contributed by atoms with Crippen molar-refractivity contribution >= 4 is 23.6 Å². The van der Waals surface area contributed by atoms with Crippen molar-refractivity contribution < 1.29 is 14.0 Å². The molecule has 1 aromatic carbocycles. The Balaban J connectivity index is 1.87. The Morgan fingerprint density at radius 2 is 1.87 bits per heavy atom. The fourth-order valence-corrected chi connectivity index (χ4v) is 2.33. The summed E-state index contributed by atoms with van der Waals surface area (Å²) in [4.78, 5) is 23.6. The molecule has 0 aliphatic rings. The van der Waals surface area contributed by atoms with Crippen LogP contribution in [0.5, 0.6) is 0 Å². The number of benzene rings is 1. The van der Waals surface area contributed by atoms with Gasteiger partial charge in [0.05, 0.1) is 12.8 Å². The van der Waals surface area contributed by atoms with Crippen LogP contribution in [0.4, 0.5) is 5.69 Å². The number of nitrogens with one attached hydrogen (secondary N) is 2. The van der Waals surface area contributed by atoms with Crippen molar-refractivity contribution in [1.82, 2.24) is 5.32 Å². The van der Waals surface area contributed by atoms with Crippen LogP contribution in [0.2, 0.25) is 0 Å². The van der Waals surface area contributed by atoms with Crippen LogP contribution in [0.25, 0.3) is 6.08 Å². The third-order valence-electron chi connectivity index (χ3n) is 3.31. The first kappa shape index (κ1) is 16.5. The van der Waals surface area contributed by atoms with E-state index in [1.807, 2.05) is 32.9 Å². The maximum Gasteiger partial charge on any atom is 0.244 e. The van der Waals surface area contributed by atoms with Crippen molar-refractivity contribution in [3.8, 4) is 0 Å². The lowest BCUT2D eigenvalue weighted by molar-refractivity contribution is -0.121. The lowest BCUT2D eigenvalue weighted by Crippen LogP contribution is -2.32. The molecule has 0 radical (unpaired) electrons. The van der Waals surface area contributed by atoms with Crippen LogP contribution in [-0.4, -0.2) is 18.4 Å². The lowest BCUT2D eigenvalue weighted by Gasteiger charge is -2.12. The number of aryl methyl sites for hydroxylation is 3. The van der Waals surface area contributed by atoms with Gasteiger partial charge in [-0.05, 0) is 50.1 Å². The van der Waals surface area contributed by atoms with Gasteiger partial charge in [-0.2, -0.15) is 0 Å². The highest BCUT2D eigenvalue weighted by molar-refractivity contribution is 5.98. The summed E-state index contributed by atoms with van der Waals surface area (Å²) in [6.45, 7) is 5.81. The molecule has 23 heavy (non-hydrogen) atoms. The maximum atomic E-state index is 12.0. The molecular formula is C18H20N2O3. The van der Waals surface area contributed by atoms with E-state index in [-0.39, 0.29) is 18.4 Å². The molecule has 2 rings (SSSR count). The van der Waals surface area contributed by atoms with Crippen LogP contribution in [0.3, 0.4) is 0 Å². The average Bonchev–Trinajstić information content (AvgIpc) is 3.00. The van der Waals surface area contributed by atoms with Crippen molar-refractivity contribution in [2.45, 2.75) is 20.8 Å². The molecule has 2 aromatic rings. The van der Waals surface area contributed by atoms with Crippen LogP contribution in [0, 0.1) is 20.8 Å². The van der Waals surface area contributed by atoms with Gasteiger partial charge < -0.3 is 15.1 Å². The van der Waals surface area contributed by atoms with Crippen LogP contribution in [0.15, 0.2) is 41.0 Å². The lowest BCUT2D eigenvalue weighted by atomic mass is 10.1. The number of carbonyl (C=O) groups is 2. The molecule has 0 bridgehead atoms. The molecule has 0 aliphatic carbocycles. The van der Waals surface area contributed by atoms with Gasteiger partial charge in [0, 0.05) is 11.8 Å². The van der Waals surface area contributed by atoms with Crippen molar-refractivity contribution in [2.24, 2.45) is 0 Å². The van der Waals surface area contributed by atoms with Gasteiger partial charge in [0.1, 0.15) is 5.76 Å². The predicted octanol–water partition coefficient (Wildman–Crippen LogP) is 2.97. The average molecular weight is 312 g/mol. The fourth-order valence-electron chi connectivity index (χ4n) is 2.33. The van der Waals surface area contributed by atoms with Gasteiger partial charge in [-0.1, -0.05) is 17.7 Å². The van der Waals surface area contributed by atoms with E-state index >= 15 is 0 Å². The largest absolute Gasteiger partial charge is 0.465 e. The Bertz CT molecular complexity index is 708. The highest BCUT2D eigenvalue weighted by Crippen LogP contribution is 2.21. The molecule has 0 saturated heterocycles. The maximum absolute atomic E-state index is 12.0. The monoisotopic (exact) mass is 312 g/mol. The molecule has 0 atom stereocenters. The highest BCUT2D eigenvalue weighted by Gasteiger charge is 2.09. The number of rotatable bonds is 5. The third-order valence-corrected chi connectivity index (χ3v) is 3.31. The Morgan fingerprint density at radius 3 is 2.48 bits per heavy atom. The first-order valence-corrected chi connectivity index (χ1v) is 7.33. The summed E-state index contributed by atoms with van der Waals surface area (Å²) in [6, 6.07) is 7.48. The van der Waals surface area contributed by atoms with Crippen LogP contribution in [0.1, 0.15) is 22.5 Å². The summed E-state index contributed by atoms with van der Waals surface area (Å²) >= 11 is 0. The third kappa shape index (κ3) is 4.85. The zero-order chi connectivity index (χ0) is 16.8. The normalized spacial score (nSPS) is 10.7. The molecule has 0 unspecified atom stereocenters. The van der Waals surface area contributed by atoms with Crippen LogP contribution in [-0.2, 0) is 9.59 Å². The number of hydrogen-bond acceptors (Lipinski definition) is 3. The molecule has 2 N–H and O–H groups in total. The summed E-state index contributed by atoms with van der Waals surface area (Å²) in [6.07, 6.45) is 4.40. The number of anilines is 1. The van der Waals surface area contributed by atoms with Gasteiger partial charge in [0.2, 0.25) is 11.8 Å². The Labute approximate surface area is 135 Å². The van der Waals surface area contributed by atoms with E-state index in [4.69, 9.17) is 4.42 Å². The Kier molecular flexibility index (Phi) is 5.36. The molecule has 0 spiro atoms. The van der Waals surface area contributed by atoms with E-state index in [9.17, 15) is 9.59 Å². The molecule has 0 saturated carbocycles. The van der Waals surface area contributed by atoms with E-state index in [1.165, 1.54) is 12.3 Å². The zero-order valence-electron chi connectivity index (χ0n) is 13.5. The summed E-state index contributed by atoms with van der Waals surface area (Å²) in [5.41, 5.74) is 3.94. The molecule has 120 valence electrons. The Morgan fingerprint density at radius 1 is 1.17 bits per heavy atom. The number of carbonyl (C=O) groups excluding carboxylic acids is 2. The van der Waals surface area contributed by atoms with Gasteiger partial charge in [0.15, 0.2) is 0 Å². The van der Waals surface area contributed by atoms with Crippen LogP contribution < -0.4 is 10.6 Å². The first-order chi connectivity index (χ1) is 11.0. The van der Waals surface area contributed by atoms with Crippen molar-refractivity contribution in [2.75, 3.05) is 11.9 Å². The Hall–Kier alpha value is -2.82. The second-order valence-corrected chi connectivity index (χ2v) is 5.39. The molecule has 0 fully saturated rings. The molecule has 5 heteroatoms. The number of hydrogen-bond donors (Lipinski definition) is 2. The number of amides is 2. The number of furan rings is 1. The minimum absolute atomic E-state index is 0.0892. The summed E-state index contributed by atoms with van der Waals surface area (Å²) in [7, 11) is 0. The van der Waals surface area contributed by atoms with E-state index in [1.54, 1.807) is 18.2 Å². The van der Waals surface area contributed by atoms with E-state index in [2.05, 4.69) is 10.6 Å². The van der Waals surface area contributed by atoms with E-state index < -0.39 is 0 Å². The molecule has 1 aromatic heterocycles. The van der Waals surface area contributed by atoms with Gasteiger partial charge in [-0.3, -0.25) is 9.59 Å². The van der Waals surface area contributed by atoms with Crippen molar-refractivity contribution in [3.63, 3.8) is 0 Å². The quantitative estimate of drug-likeness (QED) is 0.834. The summed E-state index contributed by atoms with van der Waals surface area (Å²) < 4.78 is 5.08. The first-order valence-electron chi connectivity index (χ1n) is 7.33. The second-order valence-electron chi connectivity index (χ2n) is 5.39. The fraction of sp³-hybridized carbons (Fsp3) is 0.222. The zero-order valence-corrected chi connectivity index (χ0v) is 13.5. The molecular weight excluding hydrogens is 292 g/mol. The predicted molar refractivity (Wildman–Crippen MR) is 90.0 cm³/mol. The van der Waals surface area contributed by atoms with Crippen molar-refractivity contribution in [1.29, 1.82) is 0 Å². The molecule has 5 nitrogen and oxygen atoms in total. The van der Waals surface area contributed by atoms with Gasteiger partial charge in [0.25, 0.3) is 0 Å². The minimum atomic E-state index is -0.353. The molecule has 2 amide bonds. The van der Waals surface area contributed by atoms with E-state index in [0.717, 1.165) is 22.4 Å². The van der Waals surface area contributed by atoms with Crippen LogP contribution >= 0.6 is 0 Å². The smallest absolute Gasteiger partial charge is 0.244 e. The SMILES string of the molecule is Cc1cc(C)c(NC(=O)CNC(=O)C=Cc2ccco2)c(C)c1. The minimum Gasteiger partial charge on any atom is -0.465 e. The van der Waals surface area contributed by atoms with Gasteiger partial charge in [-0.25, -0.2) is 0 Å².